The number of hydrogen-bond acceptors (Lipinski definition) is 6. The molecular weight excluding hydrogens is 701 g/mol. The van der Waals surface area contributed by atoms with Crippen LogP contribution >= 0.6 is 0 Å². The van der Waals surface area contributed by atoms with Crippen molar-refractivity contribution in [2.75, 3.05) is 13.1 Å². The van der Waals surface area contributed by atoms with Gasteiger partial charge in [-0.2, -0.15) is 0 Å². The number of fused-ring (bicyclic) bond motifs is 7. The first-order valence-corrected chi connectivity index (χ1v) is 23.3. The minimum absolute atomic E-state index is 0.0658. The topological polar surface area (TPSA) is 102 Å². The zero-order chi connectivity index (χ0) is 40.2. The fourth-order valence-corrected chi connectivity index (χ4v) is 15.7. The van der Waals surface area contributed by atoms with E-state index in [1.54, 1.807) is 0 Å². The van der Waals surface area contributed by atoms with E-state index >= 15 is 0 Å². The molecule has 14 unspecified atom stereocenters. The Morgan fingerprint density at radius 2 is 1.34 bits per heavy atom. The summed E-state index contributed by atoms with van der Waals surface area (Å²) in [6.07, 6.45) is 17.2. The molecule has 0 radical (unpaired) electrons. The molecule has 1 saturated heterocycles. The van der Waals surface area contributed by atoms with E-state index in [1.807, 2.05) is 34.6 Å². The van der Waals surface area contributed by atoms with Gasteiger partial charge in [0.1, 0.15) is 11.7 Å². The van der Waals surface area contributed by atoms with E-state index in [0.717, 1.165) is 70.9 Å². The summed E-state index contributed by atoms with van der Waals surface area (Å²) in [6.45, 7) is 21.3. The van der Waals surface area contributed by atoms with E-state index in [1.165, 1.54) is 38.5 Å². The van der Waals surface area contributed by atoms with Gasteiger partial charge in [0.2, 0.25) is 11.8 Å². The van der Waals surface area contributed by atoms with E-state index in [4.69, 9.17) is 9.47 Å². The maximum atomic E-state index is 14.5. The number of nitrogens with one attached hydrogen (secondary N) is 1. The maximum Gasteiger partial charge on any atom is 0.310 e. The molecule has 8 fully saturated rings. The number of piperidine rings is 1. The summed E-state index contributed by atoms with van der Waals surface area (Å²) in [5, 5.41) is 3.58. The standard InChI is InChI=1S/C48H76N2O6/c1-28-31(40(51)50-24-11-10-12-25-50)26-37(28)49-43(54)48-20-13-14-34(48)30-15-16-39-46(8)22-19-38(29(2)32(46)17-21-47(39,9)33(30)18-23-48)55-41(52)35-27-36(45(35,6)7)42(53)56-44(3,4)5/h28-39H,10-27H2,1-9H3,(H,49,54)/t28?,29?,30?,31?,32?,33?,34-,35?,36?,37?,38?,39?,46?,47?,48?/m1/s1. The molecule has 8 rings (SSSR count). The average Bonchev–Trinajstić information content (AvgIpc) is 3.59. The van der Waals surface area contributed by atoms with Crippen molar-refractivity contribution in [2.45, 2.75) is 183 Å². The Morgan fingerprint density at radius 1 is 0.679 bits per heavy atom. The highest BCUT2D eigenvalue weighted by atomic mass is 16.6. The van der Waals surface area contributed by atoms with E-state index in [2.05, 4.69) is 37.9 Å². The summed E-state index contributed by atoms with van der Waals surface area (Å²) in [5.74, 6) is 3.31. The van der Waals surface area contributed by atoms with Gasteiger partial charge in [0.15, 0.2) is 0 Å². The lowest BCUT2D eigenvalue weighted by atomic mass is 9.37. The third-order valence-corrected chi connectivity index (χ3v) is 19.1. The second-order valence-corrected chi connectivity index (χ2v) is 23.0. The number of hydrogen-bond donors (Lipinski definition) is 1. The summed E-state index contributed by atoms with van der Waals surface area (Å²) < 4.78 is 12.1. The van der Waals surface area contributed by atoms with Crippen molar-refractivity contribution in [3.05, 3.63) is 0 Å². The molecule has 2 amide bonds. The van der Waals surface area contributed by atoms with Gasteiger partial charge in [-0.15, -0.1) is 0 Å². The van der Waals surface area contributed by atoms with Gasteiger partial charge in [-0.05, 0) is 175 Å². The highest BCUT2D eigenvalue weighted by molar-refractivity contribution is 5.85. The number of ether oxygens (including phenoxy) is 2. The number of likely N-dealkylation sites (tertiary alicyclic amines) is 1. The lowest BCUT2D eigenvalue weighted by molar-refractivity contribution is -0.209. The van der Waals surface area contributed by atoms with Crippen LogP contribution in [0.1, 0.15) is 165 Å². The average molecular weight is 777 g/mol. The fraction of sp³-hybridized carbons (Fsp3) is 0.917. The molecule has 7 saturated carbocycles. The second kappa shape index (κ2) is 14.3. The second-order valence-electron chi connectivity index (χ2n) is 23.0. The van der Waals surface area contributed by atoms with E-state index in [0.29, 0.717) is 53.7 Å². The molecular formula is C48H76N2O6. The van der Waals surface area contributed by atoms with Crippen LogP contribution in [0, 0.1) is 80.8 Å². The van der Waals surface area contributed by atoms with E-state index in [9.17, 15) is 19.2 Å². The van der Waals surface area contributed by atoms with Crippen LogP contribution in [-0.4, -0.2) is 59.5 Å². The molecule has 0 spiro atoms. The molecule has 7 aliphatic carbocycles. The molecule has 8 aliphatic rings. The molecule has 1 N–H and O–H groups in total. The van der Waals surface area contributed by atoms with Crippen LogP contribution in [-0.2, 0) is 28.7 Å². The van der Waals surface area contributed by atoms with E-state index < -0.39 is 11.0 Å². The van der Waals surface area contributed by atoms with E-state index in [-0.39, 0.29) is 64.0 Å². The van der Waals surface area contributed by atoms with Gasteiger partial charge in [-0.1, -0.05) is 48.0 Å². The number of nitrogens with zero attached hydrogens (tertiary/aromatic N) is 1. The lowest BCUT2D eigenvalue weighted by Gasteiger charge is -2.67. The van der Waals surface area contributed by atoms with Crippen LogP contribution in [0.2, 0.25) is 0 Å². The third-order valence-electron chi connectivity index (χ3n) is 19.1. The van der Waals surface area contributed by atoms with Crippen molar-refractivity contribution in [1.82, 2.24) is 10.2 Å². The smallest absolute Gasteiger partial charge is 0.310 e. The van der Waals surface area contributed by atoms with Gasteiger partial charge in [0.05, 0.1) is 17.3 Å². The van der Waals surface area contributed by atoms with Crippen LogP contribution in [0.5, 0.6) is 0 Å². The lowest BCUT2D eigenvalue weighted by Crippen LogP contribution is -2.63. The Kier molecular flexibility index (Phi) is 10.4. The Hall–Kier alpha value is -2.12. The summed E-state index contributed by atoms with van der Waals surface area (Å²) in [5.41, 5.74) is -0.740. The van der Waals surface area contributed by atoms with Crippen LogP contribution in [0.4, 0.5) is 0 Å². The van der Waals surface area contributed by atoms with Gasteiger partial charge in [-0.3, -0.25) is 19.2 Å². The maximum absolute atomic E-state index is 14.5. The molecule has 0 aromatic rings. The van der Waals surface area contributed by atoms with Crippen molar-refractivity contribution < 1.29 is 28.7 Å². The summed E-state index contributed by atoms with van der Waals surface area (Å²) in [7, 11) is 0. The monoisotopic (exact) mass is 777 g/mol. The molecule has 1 heterocycles. The minimum Gasteiger partial charge on any atom is -0.462 e. The first kappa shape index (κ1) is 40.7. The highest BCUT2D eigenvalue weighted by Crippen LogP contribution is 2.72. The molecule has 0 bridgehead atoms. The Bertz CT molecular complexity index is 1560. The number of amides is 2. The number of esters is 2. The molecule has 0 aromatic carbocycles. The number of carbonyl (C=O) groups is 4. The minimum atomic E-state index is -0.540. The molecule has 8 heteroatoms. The zero-order valence-corrected chi connectivity index (χ0v) is 36.6. The largest absolute Gasteiger partial charge is 0.462 e. The molecule has 8 nitrogen and oxygen atoms in total. The Morgan fingerprint density at radius 3 is 2.02 bits per heavy atom. The van der Waals surface area contributed by atoms with Gasteiger partial charge < -0.3 is 19.7 Å². The predicted octanol–water partition coefficient (Wildman–Crippen LogP) is 9.13. The van der Waals surface area contributed by atoms with Gasteiger partial charge in [0, 0.05) is 25.0 Å². The number of carbonyl (C=O) groups excluding carboxylic acids is 4. The molecule has 314 valence electrons. The molecule has 15 atom stereocenters. The predicted molar refractivity (Wildman–Crippen MR) is 217 cm³/mol. The summed E-state index contributed by atoms with van der Waals surface area (Å²) >= 11 is 0. The SMILES string of the molecule is CC1C(NC(=O)C23CCC[C@@H]2C2CCC4C5(C)CCC(OC(=O)C6CC(C(=O)OC(C)(C)C)C6(C)C)C(C)C5CCC4(C)C2CC3)CC1C(=O)N1CCCCC1. The Labute approximate surface area is 338 Å². The summed E-state index contributed by atoms with van der Waals surface area (Å²) in [6, 6.07) is 0.129. The quantitative estimate of drug-likeness (QED) is 0.270. The number of rotatable bonds is 6. The normalized spacial score (nSPS) is 46.7. The van der Waals surface area contributed by atoms with Crippen molar-refractivity contribution in [3.63, 3.8) is 0 Å². The van der Waals surface area contributed by atoms with Crippen LogP contribution < -0.4 is 5.32 Å². The van der Waals surface area contributed by atoms with Crippen LogP contribution in [0.25, 0.3) is 0 Å². The molecule has 0 aromatic heterocycles. The van der Waals surface area contributed by atoms with Crippen LogP contribution in [0.3, 0.4) is 0 Å². The fourth-order valence-electron chi connectivity index (χ4n) is 15.7. The van der Waals surface area contributed by atoms with Crippen molar-refractivity contribution in [2.24, 2.45) is 80.8 Å². The molecule has 1 aliphatic heterocycles. The van der Waals surface area contributed by atoms with Crippen molar-refractivity contribution >= 4 is 23.8 Å². The summed E-state index contributed by atoms with van der Waals surface area (Å²) in [4.78, 5) is 56.5. The Balaban J connectivity index is 0.891. The third kappa shape index (κ3) is 6.40. The van der Waals surface area contributed by atoms with Crippen LogP contribution in [0.15, 0.2) is 0 Å². The zero-order valence-electron chi connectivity index (χ0n) is 36.6. The van der Waals surface area contributed by atoms with Crippen molar-refractivity contribution in [1.29, 1.82) is 0 Å². The first-order chi connectivity index (χ1) is 26.3. The first-order valence-electron chi connectivity index (χ1n) is 23.3. The van der Waals surface area contributed by atoms with Crippen molar-refractivity contribution in [3.8, 4) is 0 Å². The van der Waals surface area contributed by atoms with Gasteiger partial charge in [0.25, 0.3) is 0 Å². The molecule has 56 heavy (non-hydrogen) atoms. The van der Waals surface area contributed by atoms with Gasteiger partial charge in [-0.25, -0.2) is 0 Å². The van der Waals surface area contributed by atoms with Gasteiger partial charge >= 0.3 is 11.9 Å². The highest BCUT2D eigenvalue weighted by Gasteiger charge is 2.66.